The van der Waals surface area contributed by atoms with E-state index in [1.54, 1.807) is 6.33 Å². The van der Waals surface area contributed by atoms with E-state index in [1.807, 2.05) is 60.7 Å². The maximum Gasteiger partial charge on any atom is 0.227 e. The third-order valence-corrected chi connectivity index (χ3v) is 12.4. The number of hydrogen-bond donors (Lipinski definition) is 0. The molecule has 0 unspecified atom stereocenters. The zero-order valence-corrected chi connectivity index (χ0v) is 33.5. The predicted molar refractivity (Wildman–Crippen MR) is 246 cm³/mol. The first kappa shape index (κ1) is 35.0. The van der Waals surface area contributed by atoms with Crippen molar-refractivity contribution in [3.8, 4) is 73.3 Å². The molecule has 3 heterocycles. The molecule has 0 radical (unpaired) electrons. The van der Waals surface area contributed by atoms with Gasteiger partial charge >= 0.3 is 0 Å². The highest BCUT2D eigenvalue weighted by Gasteiger charge is 2.36. The fourth-order valence-corrected chi connectivity index (χ4v) is 9.28. The van der Waals surface area contributed by atoms with Gasteiger partial charge in [0.05, 0.1) is 11.0 Å². The lowest BCUT2D eigenvalue weighted by molar-refractivity contribution is 0.614. The molecular formula is C55H37N5O. The average molecular weight is 784 g/mol. The molecule has 0 amide bonds. The Hall–Kier alpha value is -7.96. The van der Waals surface area contributed by atoms with Crippen LogP contribution in [-0.4, -0.2) is 24.5 Å². The number of nitrogens with zero attached hydrogens (tertiary/aromatic N) is 5. The van der Waals surface area contributed by atoms with Gasteiger partial charge in [0.2, 0.25) is 5.89 Å². The third kappa shape index (κ3) is 5.71. The molecular weight excluding hydrogens is 747 g/mol. The van der Waals surface area contributed by atoms with E-state index in [1.165, 1.54) is 55.3 Å². The van der Waals surface area contributed by atoms with Crippen LogP contribution in [0, 0.1) is 0 Å². The van der Waals surface area contributed by atoms with E-state index >= 15 is 0 Å². The van der Waals surface area contributed by atoms with E-state index < -0.39 is 0 Å². The summed E-state index contributed by atoms with van der Waals surface area (Å²) in [4.78, 5) is 18.9. The Bertz CT molecular complexity index is 3500. The molecule has 0 spiro atoms. The highest BCUT2D eigenvalue weighted by atomic mass is 16.3. The van der Waals surface area contributed by atoms with Crippen LogP contribution in [0.15, 0.2) is 193 Å². The summed E-state index contributed by atoms with van der Waals surface area (Å²) in [5.41, 5.74) is 17.3. The van der Waals surface area contributed by atoms with Crippen LogP contribution in [0.2, 0.25) is 0 Å². The molecule has 0 aliphatic heterocycles. The molecule has 3 aromatic heterocycles. The normalized spacial score (nSPS) is 12.9. The van der Waals surface area contributed by atoms with Gasteiger partial charge in [-0.05, 0) is 111 Å². The lowest BCUT2D eigenvalue weighted by Gasteiger charge is -2.22. The molecule has 0 atom stereocenters. The zero-order chi connectivity index (χ0) is 40.7. The maximum absolute atomic E-state index is 6.34. The van der Waals surface area contributed by atoms with Crippen LogP contribution in [0.3, 0.4) is 0 Å². The molecule has 11 aromatic rings. The minimum Gasteiger partial charge on any atom is -0.436 e. The van der Waals surface area contributed by atoms with E-state index in [4.69, 9.17) is 14.4 Å². The number of aromatic nitrogens is 5. The van der Waals surface area contributed by atoms with Gasteiger partial charge in [-0.1, -0.05) is 129 Å². The van der Waals surface area contributed by atoms with Crippen molar-refractivity contribution >= 4 is 32.9 Å². The summed E-state index contributed by atoms with van der Waals surface area (Å²) >= 11 is 0. The van der Waals surface area contributed by atoms with Gasteiger partial charge in [-0.2, -0.15) is 0 Å². The van der Waals surface area contributed by atoms with E-state index in [0.717, 1.165) is 44.5 Å². The molecule has 1 aliphatic carbocycles. The van der Waals surface area contributed by atoms with E-state index in [2.05, 4.69) is 150 Å². The average Bonchev–Trinajstić information content (AvgIpc) is 3.96. The molecule has 12 rings (SSSR count). The van der Waals surface area contributed by atoms with Gasteiger partial charge in [-0.25, -0.2) is 19.9 Å². The van der Waals surface area contributed by atoms with Crippen LogP contribution in [0.1, 0.15) is 25.0 Å². The van der Waals surface area contributed by atoms with Crippen LogP contribution in [0.4, 0.5) is 0 Å². The van der Waals surface area contributed by atoms with E-state index in [0.29, 0.717) is 17.5 Å². The van der Waals surface area contributed by atoms with Crippen molar-refractivity contribution in [2.45, 2.75) is 19.3 Å². The minimum atomic E-state index is -0.231. The largest absolute Gasteiger partial charge is 0.436 e. The predicted octanol–water partition coefficient (Wildman–Crippen LogP) is 13.8. The van der Waals surface area contributed by atoms with Crippen LogP contribution in [-0.2, 0) is 5.41 Å². The smallest absolute Gasteiger partial charge is 0.227 e. The van der Waals surface area contributed by atoms with Crippen molar-refractivity contribution in [3.63, 3.8) is 0 Å². The Balaban J connectivity index is 0.979. The Morgan fingerprint density at radius 3 is 1.72 bits per heavy atom. The quantitative estimate of drug-likeness (QED) is 0.168. The van der Waals surface area contributed by atoms with E-state index in [-0.39, 0.29) is 5.41 Å². The number of hydrogen-bond acceptors (Lipinski definition) is 5. The summed E-state index contributed by atoms with van der Waals surface area (Å²) in [5.74, 6) is 1.93. The van der Waals surface area contributed by atoms with Crippen molar-refractivity contribution in [1.29, 1.82) is 0 Å². The SMILES string of the molecule is CC1(C)c2cc(-c3ccc4c(c3)c3cc(-c5ccccc5)ccc3n4-c3cccc(-c4ncnc(-c5ccccc5)n4)c3)ccc2-c2cc3nc(-c4ccccc4)oc3cc21. The molecule has 8 aromatic carbocycles. The molecule has 0 N–H and O–H groups in total. The van der Waals surface area contributed by atoms with Gasteiger partial charge in [-0.3, -0.25) is 0 Å². The van der Waals surface area contributed by atoms with Crippen LogP contribution >= 0.6 is 0 Å². The Morgan fingerprint density at radius 1 is 0.443 bits per heavy atom. The topological polar surface area (TPSA) is 69.6 Å². The van der Waals surface area contributed by atoms with Crippen LogP contribution < -0.4 is 0 Å². The Morgan fingerprint density at radius 2 is 1.02 bits per heavy atom. The highest BCUT2D eigenvalue weighted by molar-refractivity contribution is 6.12. The zero-order valence-electron chi connectivity index (χ0n) is 33.5. The van der Waals surface area contributed by atoms with E-state index in [9.17, 15) is 0 Å². The van der Waals surface area contributed by atoms with Gasteiger partial charge in [-0.15, -0.1) is 0 Å². The summed E-state index contributed by atoms with van der Waals surface area (Å²) in [6.45, 7) is 4.63. The fraction of sp³-hybridized carbons (Fsp3) is 0.0545. The monoisotopic (exact) mass is 783 g/mol. The fourth-order valence-electron chi connectivity index (χ4n) is 9.28. The number of oxazole rings is 1. The standard InChI is InChI=1S/C55H37N5O/c1-55(2)46-30-39(21-24-42(46)43-31-48-51(32-47(43)55)61-54(58-48)36-17-10-5-11-18-36)38-23-26-50-45(29-38)44-28-37(34-13-6-3-7-14-34)22-25-49(44)60(50)41-20-12-19-40(27-41)53-57-33-56-52(59-53)35-15-8-4-9-16-35/h3-33H,1-2H3. The molecule has 6 heteroatoms. The first-order valence-corrected chi connectivity index (χ1v) is 20.6. The maximum atomic E-state index is 6.34. The highest BCUT2D eigenvalue weighted by Crippen LogP contribution is 2.51. The van der Waals surface area contributed by atoms with Gasteiger partial charge in [0.25, 0.3) is 0 Å². The first-order chi connectivity index (χ1) is 30.0. The third-order valence-electron chi connectivity index (χ3n) is 12.4. The molecule has 0 bridgehead atoms. The van der Waals surface area contributed by atoms with Crippen molar-refractivity contribution in [2.75, 3.05) is 0 Å². The van der Waals surface area contributed by atoms with Crippen LogP contribution in [0.25, 0.3) is 106 Å². The number of rotatable bonds is 6. The molecule has 0 fully saturated rings. The minimum absolute atomic E-state index is 0.231. The lowest BCUT2D eigenvalue weighted by Crippen LogP contribution is -2.15. The van der Waals surface area contributed by atoms with Gasteiger partial charge < -0.3 is 8.98 Å². The Kier molecular flexibility index (Phi) is 7.78. The van der Waals surface area contributed by atoms with Crippen molar-refractivity contribution in [2.24, 2.45) is 0 Å². The number of benzene rings is 8. The summed E-state index contributed by atoms with van der Waals surface area (Å²) in [6.07, 6.45) is 1.60. The second kappa shape index (κ2) is 13.5. The van der Waals surface area contributed by atoms with Gasteiger partial charge in [0.15, 0.2) is 17.2 Å². The second-order valence-electron chi connectivity index (χ2n) is 16.4. The summed E-state index contributed by atoms with van der Waals surface area (Å²) in [5, 5.41) is 2.37. The summed E-state index contributed by atoms with van der Waals surface area (Å²) in [7, 11) is 0. The number of fused-ring (bicyclic) bond motifs is 7. The van der Waals surface area contributed by atoms with Crippen molar-refractivity contribution in [1.82, 2.24) is 24.5 Å². The second-order valence-corrected chi connectivity index (χ2v) is 16.4. The summed E-state index contributed by atoms with van der Waals surface area (Å²) < 4.78 is 8.70. The van der Waals surface area contributed by atoms with Gasteiger partial charge in [0.1, 0.15) is 11.8 Å². The molecule has 61 heavy (non-hydrogen) atoms. The van der Waals surface area contributed by atoms with Crippen LogP contribution in [0.5, 0.6) is 0 Å². The molecule has 288 valence electrons. The lowest BCUT2D eigenvalue weighted by atomic mass is 9.81. The van der Waals surface area contributed by atoms with Crippen molar-refractivity contribution in [3.05, 3.63) is 199 Å². The van der Waals surface area contributed by atoms with Crippen molar-refractivity contribution < 1.29 is 4.42 Å². The Labute approximate surface area is 352 Å². The molecule has 1 aliphatic rings. The first-order valence-electron chi connectivity index (χ1n) is 20.6. The summed E-state index contributed by atoms with van der Waals surface area (Å²) in [6, 6.07) is 64.3. The molecule has 6 nitrogen and oxygen atoms in total. The molecule has 0 saturated heterocycles. The van der Waals surface area contributed by atoms with Gasteiger partial charge in [0, 0.05) is 38.6 Å². The molecule has 0 saturated carbocycles.